The average Bonchev–Trinajstić information content (AvgIpc) is 2.18. The molecule has 0 heterocycles. The smallest absolute Gasteiger partial charge is 0.343 e. The Bertz CT molecular complexity index is 349. The Morgan fingerprint density at radius 2 is 2.00 bits per heavy atom. The highest BCUT2D eigenvalue weighted by Gasteiger charge is 2.15. The van der Waals surface area contributed by atoms with Gasteiger partial charge in [0, 0.05) is 0 Å². The lowest BCUT2D eigenvalue weighted by Gasteiger charge is -2.20. The first-order valence-corrected chi connectivity index (χ1v) is 4.67. The van der Waals surface area contributed by atoms with Crippen LogP contribution in [-0.4, -0.2) is 36.3 Å². The number of nitrogens with zero attached hydrogens (tertiary/aromatic N) is 1. The summed E-state index contributed by atoms with van der Waals surface area (Å²) in [7, 11) is 3.62. The highest BCUT2D eigenvalue weighted by atomic mass is 16.6. The summed E-state index contributed by atoms with van der Waals surface area (Å²) in [6.07, 6.45) is -0.322. The Hall–Kier alpha value is -1.55. The van der Waals surface area contributed by atoms with Gasteiger partial charge in [-0.05, 0) is 33.2 Å². The maximum absolute atomic E-state index is 11.6. The van der Waals surface area contributed by atoms with Crippen LogP contribution in [0.4, 0.5) is 0 Å². The van der Waals surface area contributed by atoms with E-state index in [1.165, 1.54) is 12.1 Å². The number of phenolic OH excluding ortho intramolecular Hbond substituents is 1. The van der Waals surface area contributed by atoms with Crippen LogP contribution in [0.3, 0.4) is 0 Å². The molecule has 0 spiro atoms. The summed E-state index contributed by atoms with van der Waals surface area (Å²) >= 11 is 0. The third-order valence-corrected chi connectivity index (χ3v) is 2.13. The van der Waals surface area contributed by atoms with Crippen LogP contribution in [-0.2, 0) is 4.74 Å². The SMILES string of the molecule is CC(OC(=O)c1ccccc1O)N(C)C. The number of esters is 1. The molecule has 1 atom stereocenters. The van der Waals surface area contributed by atoms with Gasteiger partial charge in [-0.25, -0.2) is 4.79 Å². The van der Waals surface area contributed by atoms with Crippen molar-refractivity contribution in [1.29, 1.82) is 0 Å². The monoisotopic (exact) mass is 209 g/mol. The highest BCUT2D eigenvalue weighted by molar-refractivity contribution is 5.92. The number of aromatic hydroxyl groups is 1. The number of para-hydroxylation sites is 1. The van der Waals surface area contributed by atoms with Gasteiger partial charge in [-0.1, -0.05) is 12.1 Å². The highest BCUT2D eigenvalue weighted by Crippen LogP contribution is 2.17. The quantitative estimate of drug-likeness (QED) is 0.604. The number of carbonyl (C=O) groups is 1. The normalized spacial score (nSPS) is 12.5. The molecule has 0 saturated heterocycles. The molecular weight excluding hydrogens is 194 g/mol. The number of phenols is 1. The molecule has 1 N–H and O–H groups in total. The van der Waals surface area contributed by atoms with E-state index in [4.69, 9.17) is 4.74 Å². The zero-order valence-corrected chi connectivity index (χ0v) is 9.10. The number of benzene rings is 1. The molecule has 1 rings (SSSR count). The van der Waals surface area contributed by atoms with Crippen molar-refractivity contribution in [1.82, 2.24) is 4.90 Å². The van der Waals surface area contributed by atoms with E-state index in [9.17, 15) is 9.90 Å². The summed E-state index contributed by atoms with van der Waals surface area (Å²) in [6, 6.07) is 6.31. The van der Waals surface area contributed by atoms with Crippen molar-refractivity contribution >= 4 is 5.97 Å². The van der Waals surface area contributed by atoms with E-state index in [0.717, 1.165) is 0 Å². The summed E-state index contributed by atoms with van der Waals surface area (Å²) in [5.41, 5.74) is 0.186. The predicted molar refractivity (Wildman–Crippen MR) is 56.7 cm³/mol. The molecule has 0 fully saturated rings. The zero-order valence-electron chi connectivity index (χ0n) is 9.10. The van der Waals surface area contributed by atoms with Gasteiger partial charge in [-0.2, -0.15) is 0 Å². The van der Waals surface area contributed by atoms with Crippen molar-refractivity contribution in [3.05, 3.63) is 29.8 Å². The largest absolute Gasteiger partial charge is 0.507 e. The Balaban J connectivity index is 2.74. The van der Waals surface area contributed by atoms with Gasteiger partial charge in [-0.15, -0.1) is 0 Å². The van der Waals surface area contributed by atoms with E-state index >= 15 is 0 Å². The fourth-order valence-electron chi connectivity index (χ4n) is 0.970. The second-order valence-corrected chi connectivity index (χ2v) is 3.49. The molecule has 0 aliphatic carbocycles. The molecule has 1 aromatic carbocycles. The Morgan fingerprint density at radius 1 is 1.40 bits per heavy atom. The number of ether oxygens (including phenoxy) is 1. The van der Waals surface area contributed by atoms with Crippen molar-refractivity contribution in [2.45, 2.75) is 13.2 Å². The lowest BCUT2D eigenvalue weighted by atomic mass is 10.2. The van der Waals surface area contributed by atoms with Gasteiger partial charge in [-0.3, -0.25) is 4.90 Å². The maximum Gasteiger partial charge on any atom is 0.343 e. The van der Waals surface area contributed by atoms with Gasteiger partial charge in [0.15, 0.2) is 6.23 Å². The minimum Gasteiger partial charge on any atom is -0.507 e. The fourth-order valence-corrected chi connectivity index (χ4v) is 0.970. The first-order valence-electron chi connectivity index (χ1n) is 4.67. The minimum atomic E-state index is -0.519. The van der Waals surface area contributed by atoms with E-state index in [1.807, 2.05) is 14.1 Å². The maximum atomic E-state index is 11.6. The van der Waals surface area contributed by atoms with Crippen LogP contribution in [0.25, 0.3) is 0 Å². The molecule has 82 valence electrons. The molecule has 0 aromatic heterocycles. The van der Waals surface area contributed by atoms with E-state index < -0.39 is 5.97 Å². The second kappa shape index (κ2) is 4.79. The van der Waals surface area contributed by atoms with Gasteiger partial charge in [0.05, 0.1) is 0 Å². The molecule has 0 aliphatic heterocycles. The fraction of sp³-hybridized carbons (Fsp3) is 0.364. The number of rotatable bonds is 3. The molecule has 15 heavy (non-hydrogen) atoms. The topological polar surface area (TPSA) is 49.8 Å². The lowest BCUT2D eigenvalue weighted by Crippen LogP contribution is -2.29. The first kappa shape index (κ1) is 11.5. The Labute approximate surface area is 89.1 Å². The third kappa shape index (κ3) is 2.95. The molecule has 0 radical (unpaired) electrons. The summed E-state index contributed by atoms with van der Waals surface area (Å²) in [6.45, 7) is 1.76. The lowest BCUT2D eigenvalue weighted by molar-refractivity contribution is -0.00570. The van der Waals surface area contributed by atoms with Gasteiger partial charge in [0.25, 0.3) is 0 Å². The summed E-state index contributed by atoms with van der Waals surface area (Å²) in [4.78, 5) is 13.3. The van der Waals surface area contributed by atoms with Crippen LogP contribution in [0.2, 0.25) is 0 Å². The predicted octanol–water partition coefficient (Wildman–Crippen LogP) is 1.46. The van der Waals surface area contributed by atoms with Crippen LogP contribution in [0.1, 0.15) is 17.3 Å². The Kier molecular flexibility index (Phi) is 3.68. The molecule has 1 unspecified atom stereocenters. The number of carbonyl (C=O) groups excluding carboxylic acids is 1. The van der Waals surface area contributed by atoms with Crippen molar-refractivity contribution in [2.75, 3.05) is 14.1 Å². The van der Waals surface area contributed by atoms with Crippen LogP contribution in [0.5, 0.6) is 5.75 Å². The molecule has 0 aliphatic rings. The van der Waals surface area contributed by atoms with Crippen LogP contribution in [0, 0.1) is 0 Å². The third-order valence-electron chi connectivity index (χ3n) is 2.13. The molecule has 4 heteroatoms. The molecule has 0 amide bonds. The van der Waals surface area contributed by atoms with Gasteiger partial charge in [0.1, 0.15) is 11.3 Å². The molecule has 0 saturated carbocycles. The van der Waals surface area contributed by atoms with Gasteiger partial charge >= 0.3 is 5.97 Å². The molecule has 0 bridgehead atoms. The zero-order chi connectivity index (χ0) is 11.4. The standard InChI is InChI=1S/C11H15NO3/c1-8(12(2)3)15-11(14)9-6-4-5-7-10(9)13/h4-8,13H,1-3H3. The van der Waals surface area contributed by atoms with Crippen LogP contribution in [0.15, 0.2) is 24.3 Å². The molecular formula is C11H15NO3. The van der Waals surface area contributed by atoms with E-state index in [2.05, 4.69) is 0 Å². The van der Waals surface area contributed by atoms with E-state index in [1.54, 1.807) is 24.0 Å². The number of hydrogen-bond acceptors (Lipinski definition) is 4. The summed E-state index contributed by atoms with van der Waals surface area (Å²) < 4.78 is 5.11. The summed E-state index contributed by atoms with van der Waals surface area (Å²) in [5.74, 6) is -0.581. The second-order valence-electron chi connectivity index (χ2n) is 3.49. The minimum absolute atomic E-state index is 0.0616. The van der Waals surface area contributed by atoms with Crippen LogP contribution >= 0.6 is 0 Å². The molecule has 4 nitrogen and oxygen atoms in total. The van der Waals surface area contributed by atoms with Crippen molar-refractivity contribution in [2.24, 2.45) is 0 Å². The van der Waals surface area contributed by atoms with E-state index in [-0.39, 0.29) is 17.5 Å². The first-order chi connectivity index (χ1) is 7.02. The van der Waals surface area contributed by atoms with Crippen molar-refractivity contribution < 1.29 is 14.6 Å². The van der Waals surface area contributed by atoms with E-state index in [0.29, 0.717) is 0 Å². The average molecular weight is 209 g/mol. The van der Waals surface area contributed by atoms with Gasteiger partial charge < -0.3 is 9.84 Å². The van der Waals surface area contributed by atoms with Crippen LogP contribution < -0.4 is 0 Å². The van der Waals surface area contributed by atoms with Crippen molar-refractivity contribution in [3.63, 3.8) is 0 Å². The summed E-state index contributed by atoms with van der Waals surface area (Å²) in [5, 5.41) is 9.42. The van der Waals surface area contributed by atoms with Gasteiger partial charge in [0.2, 0.25) is 0 Å². The van der Waals surface area contributed by atoms with Crippen molar-refractivity contribution in [3.8, 4) is 5.75 Å². The number of hydrogen-bond donors (Lipinski definition) is 1. The Morgan fingerprint density at radius 3 is 2.53 bits per heavy atom. The molecule has 1 aromatic rings.